The van der Waals surface area contributed by atoms with E-state index in [-0.39, 0.29) is 0 Å². The van der Waals surface area contributed by atoms with Crippen molar-refractivity contribution in [3.8, 4) is 5.75 Å². The van der Waals surface area contributed by atoms with E-state index in [0.717, 1.165) is 30.8 Å². The predicted octanol–water partition coefficient (Wildman–Crippen LogP) is 2.77. The molecule has 0 saturated heterocycles. The highest BCUT2D eigenvalue weighted by atomic mass is 16.5. The number of nitrogens with two attached hydrogens (primary N) is 1. The lowest BCUT2D eigenvalue weighted by Crippen LogP contribution is -2.04. The smallest absolute Gasteiger partial charge is 0.126 e. The molecule has 0 radical (unpaired) electrons. The molecular weight excluding hydrogens is 224 g/mol. The summed E-state index contributed by atoms with van der Waals surface area (Å²) in [5.74, 6) is 2.15. The monoisotopic (exact) mass is 240 g/mol. The zero-order chi connectivity index (χ0) is 12.4. The van der Waals surface area contributed by atoms with Gasteiger partial charge in [-0.1, -0.05) is 24.3 Å². The molecular formula is C15H16N2O. The van der Waals surface area contributed by atoms with Crippen LogP contribution in [0, 0.1) is 0 Å². The minimum atomic E-state index is 0.473. The third-order valence-electron chi connectivity index (χ3n) is 3.49. The van der Waals surface area contributed by atoms with Crippen LogP contribution >= 0.6 is 0 Å². The van der Waals surface area contributed by atoms with Crippen molar-refractivity contribution < 1.29 is 4.74 Å². The molecule has 0 amide bonds. The Bertz CT molecular complexity index is 554. The quantitative estimate of drug-likeness (QED) is 0.897. The maximum absolute atomic E-state index is 5.86. The summed E-state index contributed by atoms with van der Waals surface area (Å²) in [6, 6.07) is 12.3. The minimum Gasteiger partial charge on any atom is -0.493 e. The van der Waals surface area contributed by atoms with Crippen LogP contribution in [0.15, 0.2) is 42.6 Å². The molecule has 2 heterocycles. The molecule has 2 aromatic rings. The van der Waals surface area contributed by atoms with E-state index in [2.05, 4.69) is 17.1 Å². The predicted molar refractivity (Wildman–Crippen MR) is 71.6 cm³/mol. The fraction of sp³-hybridized carbons (Fsp3) is 0.267. The van der Waals surface area contributed by atoms with Crippen LogP contribution in [0.3, 0.4) is 0 Å². The standard InChI is InChI=1S/C15H16N2O/c16-15-11(4-3-9-17-15)7-8-12-10-18-14-6-2-1-5-13(12)14/h1-6,9,12H,7-8,10H2,(H2,16,17). The zero-order valence-corrected chi connectivity index (χ0v) is 10.2. The number of nitrogens with zero attached hydrogens (tertiary/aromatic N) is 1. The summed E-state index contributed by atoms with van der Waals surface area (Å²) in [6.07, 6.45) is 3.72. The highest BCUT2D eigenvalue weighted by Gasteiger charge is 2.23. The number of pyridine rings is 1. The SMILES string of the molecule is Nc1ncccc1CCC1COc2ccccc21. The normalized spacial score (nSPS) is 17.2. The molecule has 1 atom stereocenters. The molecule has 92 valence electrons. The maximum Gasteiger partial charge on any atom is 0.126 e. The molecule has 18 heavy (non-hydrogen) atoms. The molecule has 3 nitrogen and oxygen atoms in total. The van der Waals surface area contributed by atoms with E-state index in [9.17, 15) is 0 Å². The summed E-state index contributed by atoms with van der Waals surface area (Å²) >= 11 is 0. The Balaban J connectivity index is 1.71. The van der Waals surface area contributed by atoms with E-state index in [1.54, 1.807) is 6.20 Å². The summed E-state index contributed by atoms with van der Waals surface area (Å²) in [5.41, 5.74) is 8.30. The van der Waals surface area contributed by atoms with Gasteiger partial charge in [-0.15, -0.1) is 0 Å². The van der Waals surface area contributed by atoms with Gasteiger partial charge in [0.05, 0.1) is 6.61 Å². The molecule has 1 aliphatic rings. The molecule has 0 saturated carbocycles. The average Bonchev–Trinajstić information content (AvgIpc) is 2.81. The first-order valence-electron chi connectivity index (χ1n) is 6.25. The van der Waals surface area contributed by atoms with Gasteiger partial charge in [0.1, 0.15) is 11.6 Å². The van der Waals surface area contributed by atoms with Gasteiger partial charge in [0.15, 0.2) is 0 Å². The second-order valence-electron chi connectivity index (χ2n) is 4.63. The molecule has 0 fully saturated rings. The van der Waals surface area contributed by atoms with Crippen LogP contribution in [0.2, 0.25) is 0 Å². The molecule has 3 heteroatoms. The average molecular weight is 240 g/mol. The van der Waals surface area contributed by atoms with E-state index < -0.39 is 0 Å². The van der Waals surface area contributed by atoms with Crippen molar-refractivity contribution in [1.29, 1.82) is 0 Å². The molecule has 1 aromatic carbocycles. The second-order valence-corrected chi connectivity index (χ2v) is 4.63. The van der Waals surface area contributed by atoms with Crippen LogP contribution in [-0.4, -0.2) is 11.6 Å². The van der Waals surface area contributed by atoms with E-state index in [4.69, 9.17) is 10.5 Å². The Morgan fingerprint density at radius 1 is 1.22 bits per heavy atom. The largest absolute Gasteiger partial charge is 0.493 e. The number of aromatic nitrogens is 1. The number of aryl methyl sites for hydroxylation is 1. The van der Waals surface area contributed by atoms with Gasteiger partial charge >= 0.3 is 0 Å². The summed E-state index contributed by atoms with van der Waals surface area (Å²) in [7, 11) is 0. The highest BCUT2D eigenvalue weighted by Crippen LogP contribution is 2.36. The third-order valence-corrected chi connectivity index (χ3v) is 3.49. The van der Waals surface area contributed by atoms with E-state index in [1.165, 1.54) is 5.56 Å². The number of para-hydroxylation sites is 1. The van der Waals surface area contributed by atoms with Crippen LogP contribution in [0.1, 0.15) is 23.5 Å². The first-order chi connectivity index (χ1) is 8.84. The van der Waals surface area contributed by atoms with E-state index in [0.29, 0.717) is 11.7 Å². The first kappa shape index (κ1) is 11.1. The Morgan fingerprint density at radius 3 is 3.00 bits per heavy atom. The van der Waals surface area contributed by atoms with E-state index >= 15 is 0 Å². The van der Waals surface area contributed by atoms with Gasteiger partial charge in [-0.2, -0.15) is 0 Å². The van der Waals surface area contributed by atoms with Crippen LogP contribution < -0.4 is 10.5 Å². The van der Waals surface area contributed by atoms with Gasteiger partial charge in [-0.3, -0.25) is 0 Å². The number of nitrogen functional groups attached to an aromatic ring is 1. The van der Waals surface area contributed by atoms with Crippen molar-refractivity contribution in [1.82, 2.24) is 4.98 Å². The number of benzene rings is 1. The van der Waals surface area contributed by atoms with Crippen molar-refractivity contribution in [2.45, 2.75) is 18.8 Å². The molecule has 1 aromatic heterocycles. The van der Waals surface area contributed by atoms with Crippen molar-refractivity contribution in [2.75, 3.05) is 12.3 Å². The second kappa shape index (κ2) is 4.69. The topological polar surface area (TPSA) is 48.1 Å². The number of ether oxygens (including phenoxy) is 1. The Morgan fingerprint density at radius 2 is 2.11 bits per heavy atom. The minimum absolute atomic E-state index is 0.473. The Hall–Kier alpha value is -2.03. The van der Waals surface area contributed by atoms with E-state index in [1.807, 2.05) is 24.3 Å². The molecule has 3 rings (SSSR count). The van der Waals surface area contributed by atoms with Gasteiger partial charge in [0.25, 0.3) is 0 Å². The molecule has 0 aliphatic carbocycles. The van der Waals surface area contributed by atoms with Crippen molar-refractivity contribution in [3.63, 3.8) is 0 Å². The molecule has 1 unspecified atom stereocenters. The van der Waals surface area contributed by atoms with Crippen LogP contribution in [0.4, 0.5) is 5.82 Å². The first-order valence-corrected chi connectivity index (χ1v) is 6.25. The summed E-state index contributed by atoms with van der Waals surface area (Å²) in [4.78, 5) is 4.12. The fourth-order valence-corrected chi connectivity index (χ4v) is 2.46. The van der Waals surface area contributed by atoms with Crippen LogP contribution in [-0.2, 0) is 6.42 Å². The number of anilines is 1. The number of hydrogen-bond acceptors (Lipinski definition) is 3. The molecule has 0 bridgehead atoms. The number of hydrogen-bond donors (Lipinski definition) is 1. The highest BCUT2D eigenvalue weighted by molar-refractivity contribution is 5.41. The Labute approximate surface area is 107 Å². The summed E-state index contributed by atoms with van der Waals surface area (Å²) in [6.45, 7) is 0.777. The lowest BCUT2D eigenvalue weighted by molar-refractivity contribution is 0.325. The lowest BCUT2D eigenvalue weighted by Gasteiger charge is -2.09. The van der Waals surface area contributed by atoms with Gasteiger partial charge in [0, 0.05) is 17.7 Å². The van der Waals surface area contributed by atoms with Crippen molar-refractivity contribution >= 4 is 5.82 Å². The molecule has 2 N–H and O–H groups in total. The number of fused-ring (bicyclic) bond motifs is 1. The fourth-order valence-electron chi connectivity index (χ4n) is 2.46. The van der Waals surface area contributed by atoms with Gasteiger partial charge in [0.2, 0.25) is 0 Å². The van der Waals surface area contributed by atoms with Gasteiger partial charge in [-0.05, 0) is 30.5 Å². The summed E-state index contributed by atoms with van der Waals surface area (Å²) < 4.78 is 5.68. The zero-order valence-electron chi connectivity index (χ0n) is 10.2. The summed E-state index contributed by atoms with van der Waals surface area (Å²) in [5, 5.41) is 0. The lowest BCUT2D eigenvalue weighted by atomic mass is 9.94. The number of rotatable bonds is 3. The third kappa shape index (κ3) is 2.04. The maximum atomic E-state index is 5.86. The van der Waals surface area contributed by atoms with Crippen LogP contribution in [0.25, 0.3) is 0 Å². The Kier molecular flexibility index (Phi) is 2.89. The van der Waals surface area contributed by atoms with Gasteiger partial charge in [-0.25, -0.2) is 4.98 Å². The molecule has 0 spiro atoms. The van der Waals surface area contributed by atoms with Crippen molar-refractivity contribution in [2.24, 2.45) is 0 Å². The molecule has 1 aliphatic heterocycles. The van der Waals surface area contributed by atoms with Crippen LogP contribution in [0.5, 0.6) is 5.75 Å². The van der Waals surface area contributed by atoms with Crippen molar-refractivity contribution in [3.05, 3.63) is 53.7 Å². The van der Waals surface area contributed by atoms with Gasteiger partial charge < -0.3 is 10.5 Å².